The van der Waals surface area contributed by atoms with Crippen LogP contribution in [0.3, 0.4) is 0 Å². The first-order chi connectivity index (χ1) is 13.9. The van der Waals surface area contributed by atoms with Crippen LogP contribution in [0, 0.1) is 13.8 Å². The fraction of sp³-hybridized carbons (Fsp3) is 0.476. The van der Waals surface area contributed by atoms with Crippen LogP contribution in [0.15, 0.2) is 28.8 Å². The smallest absolute Gasteiger partial charge is 0.321 e. The van der Waals surface area contributed by atoms with Gasteiger partial charge in [0.1, 0.15) is 5.76 Å². The van der Waals surface area contributed by atoms with Gasteiger partial charge in [0.2, 0.25) is 5.91 Å². The molecule has 1 spiro atoms. The molecule has 0 unspecified atom stereocenters. The molecule has 0 radical (unpaired) electrons. The monoisotopic (exact) mass is 416 g/mol. The summed E-state index contributed by atoms with van der Waals surface area (Å²) in [5, 5.41) is 7.50. The molecule has 3 amide bonds. The first-order valence-electron chi connectivity index (χ1n) is 9.92. The van der Waals surface area contributed by atoms with Crippen LogP contribution in [0.4, 0.5) is 10.5 Å². The molecule has 4 rings (SSSR count). The summed E-state index contributed by atoms with van der Waals surface area (Å²) >= 11 is 5.99. The van der Waals surface area contributed by atoms with Crippen LogP contribution in [0.1, 0.15) is 42.7 Å². The summed E-state index contributed by atoms with van der Waals surface area (Å²) in [5.41, 5.74) is 2.30. The molecular weight excluding hydrogens is 392 g/mol. The minimum atomic E-state index is -0.194. The lowest BCUT2D eigenvalue weighted by molar-refractivity contribution is -0.133. The lowest BCUT2D eigenvalue weighted by Gasteiger charge is -2.45. The molecule has 2 aliphatic heterocycles. The molecule has 2 fully saturated rings. The van der Waals surface area contributed by atoms with Gasteiger partial charge in [0.15, 0.2) is 0 Å². The highest BCUT2D eigenvalue weighted by Crippen LogP contribution is 2.40. The number of hydrogen-bond donors (Lipinski definition) is 1. The van der Waals surface area contributed by atoms with E-state index in [2.05, 4.69) is 10.5 Å². The fourth-order valence-corrected chi connectivity index (χ4v) is 4.62. The number of urea groups is 1. The van der Waals surface area contributed by atoms with E-state index in [1.54, 1.807) is 18.2 Å². The molecule has 29 heavy (non-hydrogen) atoms. The second kappa shape index (κ2) is 7.71. The normalized spacial score (nSPS) is 18.5. The lowest BCUT2D eigenvalue weighted by Crippen LogP contribution is -2.54. The molecule has 0 atom stereocenters. The maximum atomic E-state index is 12.7. The molecule has 0 bridgehead atoms. The molecular formula is C21H25ClN4O3. The summed E-state index contributed by atoms with van der Waals surface area (Å²) in [6.45, 7) is 5.53. The standard InChI is InChI=1S/C21H25ClN4O3/c1-14-18(15(2)29-24-14)13-26-19(27)6-7-21(26)8-10-25(11-9-21)20(28)23-17-5-3-4-16(22)12-17/h3-5,12H,6-11,13H2,1-2H3,(H,23,28). The number of anilines is 1. The summed E-state index contributed by atoms with van der Waals surface area (Å²) in [6, 6.07) is 6.98. The number of amides is 3. The molecule has 2 aliphatic rings. The molecule has 8 heteroatoms. The molecule has 2 saturated heterocycles. The molecule has 1 N–H and O–H groups in total. The minimum Gasteiger partial charge on any atom is -0.361 e. The quantitative estimate of drug-likeness (QED) is 0.815. The zero-order valence-corrected chi connectivity index (χ0v) is 17.5. The largest absolute Gasteiger partial charge is 0.361 e. The number of aryl methyl sites for hydroxylation is 2. The summed E-state index contributed by atoms with van der Waals surface area (Å²) in [6.07, 6.45) is 2.92. The van der Waals surface area contributed by atoms with Crippen LogP contribution in [0.2, 0.25) is 5.02 Å². The van der Waals surface area contributed by atoms with Gasteiger partial charge in [0, 0.05) is 41.3 Å². The first kappa shape index (κ1) is 19.8. The van der Waals surface area contributed by atoms with Crippen molar-refractivity contribution in [1.82, 2.24) is 15.0 Å². The molecule has 1 aromatic heterocycles. The SMILES string of the molecule is Cc1noc(C)c1CN1C(=O)CCC12CCN(C(=O)Nc1cccc(Cl)c1)CC2. The van der Waals surface area contributed by atoms with Crippen LogP contribution in [0.25, 0.3) is 0 Å². The molecule has 1 aromatic carbocycles. The number of likely N-dealkylation sites (tertiary alicyclic amines) is 2. The van der Waals surface area contributed by atoms with Gasteiger partial charge in [-0.2, -0.15) is 0 Å². The highest BCUT2D eigenvalue weighted by atomic mass is 35.5. The number of nitrogens with one attached hydrogen (secondary N) is 1. The molecule has 0 aliphatic carbocycles. The number of hydrogen-bond acceptors (Lipinski definition) is 4. The Balaban J connectivity index is 1.43. The van der Waals surface area contributed by atoms with Crippen molar-refractivity contribution in [3.63, 3.8) is 0 Å². The number of aromatic nitrogens is 1. The van der Waals surface area contributed by atoms with Gasteiger partial charge in [-0.15, -0.1) is 0 Å². The molecule has 0 saturated carbocycles. The van der Waals surface area contributed by atoms with Gasteiger partial charge >= 0.3 is 6.03 Å². The highest BCUT2D eigenvalue weighted by molar-refractivity contribution is 6.30. The van der Waals surface area contributed by atoms with E-state index in [-0.39, 0.29) is 17.5 Å². The molecule has 7 nitrogen and oxygen atoms in total. The predicted molar refractivity (Wildman–Crippen MR) is 110 cm³/mol. The fourth-order valence-electron chi connectivity index (χ4n) is 4.43. The van der Waals surface area contributed by atoms with Crippen LogP contribution in [-0.4, -0.2) is 45.5 Å². The Hall–Kier alpha value is -2.54. The van der Waals surface area contributed by atoms with Crippen LogP contribution >= 0.6 is 11.6 Å². The van der Waals surface area contributed by atoms with Gasteiger partial charge < -0.3 is 19.6 Å². The summed E-state index contributed by atoms with van der Waals surface area (Å²) in [7, 11) is 0. The van der Waals surface area contributed by atoms with Crippen molar-refractivity contribution in [2.24, 2.45) is 0 Å². The van der Waals surface area contributed by atoms with Gasteiger partial charge in [0.05, 0.1) is 12.2 Å². The van der Waals surface area contributed by atoms with Gasteiger partial charge in [-0.3, -0.25) is 4.79 Å². The number of rotatable bonds is 3. The van der Waals surface area contributed by atoms with E-state index in [0.29, 0.717) is 36.8 Å². The van der Waals surface area contributed by atoms with Crippen molar-refractivity contribution in [3.8, 4) is 0 Å². The number of halogens is 1. The topological polar surface area (TPSA) is 78.7 Å². The average Bonchev–Trinajstić information content (AvgIpc) is 3.17. The number of carbonyl (C=O) groups is 2. The third-order valence-electron chi connectivity index (χ3n) is 6.23. The van der Waals surface area contributed by atoms with E-state index in [0.717, 1.165) is 36.3 Å². The van der Waals surface area contributed by atoms with Crippen molar-refractivity contribution >= 4 is 29.2 Å². The van der Waals surface area contributed by atoms with Crippen molar-refractivity contribution in [3.05, 3.63) is 46.3 Å². The van der Waals surface area contributed by atoms with Crippen molar-refractivity contribution in [2.75, 3.05) is 18.4 Å². The van der Waals surface area contributed by atoms with Crippen LogP contribution in [0.5, 0.6) is 0 Å². The number of carbonyl (C=O) groups excluding carboxylic acids is 2. The number of benzene rings is 1. The second-order valence-electron chi connectivity index (χ2n) is 7.93. The summed E-state index contributed by atoms with van der Waals surface area (Å²) < 4.78 is 5.27. The maximum Gasteiger partial charge on any atom is 0.321 e. The lowest BCUT2D eigenvalue weighted by atomic mass is 9.84. The third kappa shape index (κ3) is 3.83. The van der Waals surface area contributed by atoms with Crippen molar-refractivity contribution < 1.29 is 14.1 Å². The van der Waals surface area contributed by atoms with E-state index in [1.807, 2.05) is 29.7 Å². The summed E-state index contributed by atoms with van der Waals surface area (Å²) in [4.78, 5) is 29.1. The van der Waals surface area contributed by atoms with Gasteiger partial charge in [0.25, 0.3) is 0 Å². The Labute approximate surface area is 175 Å². The summed E-state index contributed by atoms with van der Waals surface area (Å²) in [5.74, 6) is 0.928. The van der Waals surface area contributed by atoms with Crippen LogP contribution < -0.4 is 5.32 Å². The predicted octanol–water partition coefficient (Wildman–Crippen LogP) is 4.13. The van der Waals surface area contributed by atoms with E-state index < -0.39 is 0 Å². The van der Waals surface area contributed by atoms with Gasteiger partial charge in [-0.05, 0) is 51.3 Å². The maximum absolute atomic E-state index is 12.7. The Kier molecular flexibility index (Phi) is 5.25. The first-order valence-corrected chi connectivity index (χ1v) is 10.3. The van der Waals surface area contributed by atoms with E-state index >= 15 is 0 Å². The molecule has 3 heterocycles. The zero-order valence-electron chi connectivity index (χ0n) is 16.7. The zero-order chi connectivity index (χ0) is 20.6. The van der Waals surface area contributed by atoms with E-state index in [4.69, 9.17) is 16.1 Å². The van der Waals surface area contributed by atoms with Gasteiger partial charge in [-0.25, -0.2) is 4.79 Å². The number of piperidine rings is 1. The Morgan fingerprint density at radius 1 is 1.28 bits per heavy atom. The average molecular weight is 417 g/mol. The van der Waals surface area contributed by atoms with Crippen molar-refractivity contribution in [2.45, 2.75) is 51.6 Å². The molecule has 2 aromatic rings. The third-order valence-corrected chi connectivity index (χ3v) is 6.47. The van der Waals surface area contributed by atoms with E-state index in [1.165, 1.54) is 0 Å². The highest BCUT2D eigenvalue weighted by Gasteiger charge is 2.47. The minimum absolute atomic E-state index is 0.135. The Morgan fingerprint density at radius 2 is 2.03 bits per heavy atom. The number of nitrogens with zero attached hydrogens (tertiary/aromatic N) is 3. The van der Waals surface area contributed by atoms with E-state index in [9.17, 15) is 9.59 Å². The van der Waals surface area contributed by atoms with Gasteiger partial charge in [-0.1, -0.05) is 22.8 Å². The molecule has 154 valence electrons. The Morgan fingerprint density at radius 3 is 2.69 bits per heavy atom. The Bertz CT molecular complexity index is 914. The second-order valence-corrected chi connectivity index (χ2v) is 8.37. The van der Waals surface area contributed by atoms with Crippen LogP contribution in [-0.2, 0) is 11.3 Å². The van der Waals surface area contributed by atoms with Crippen molar-refractivity contribution in [1.29, 1.82) is 0 Å².